The van der Waals surface area contributed by atoms with Gasteiger partial charge in [-0.05, 0) is 18.2 Å². The third kappa shape index (κ3) is 2.40. The monoisotopic (exact) mass is 318 g/mol. The van der Waals surface area contributed by atoms with E-state index in [1.807, 2.05) is 60.7 Å². The maximum atomic E-state index is 12.3. The molecule has 0 radical (unpaired) electrons. The third-order valence-electron chi connectivity index (χ3n) is 4.09. The number of aromatic nitrogens is 2. The summed E-state index contributed by atoms with van der Waals surface area (Å²) in [6.45, 7) is 0. The van der Waals surface area contributed by atoms with Crippen LogP contribution in [0.5, 0.6) is 0 Å². The maximum absolute atomic E-state index is 12.3. The zero-order valence-corrected chi connectivity index (χ0v) is 12.7. The molecule has 4 rings (SSSR count). The summed E-state index contributed by atoms with van der Waals surface area (Å²) < 4.78 is 7.05. The van der Waals surface area contributed by atoms with Crippen LogP contribution in [-0.4, -0.2) is 28.1 Å². The molecular weight excluding hydrogens is 304 g/mol. The number of rotatable bonds is 3. The second-order valence-electron chi connectivity index (χ2n) is 5.63. The Labute approximate surface area is 138 Å². The van der Waals surface area contributed by atoms with Gasteiger partial charge in [0.25, 0.3) is 0 Å². The Hall–Kier alpha value is -3.21. The number of allylic oxidation sites excluding steroid dienone is 2. The highest BCUT2D eigenvalue weighted by molar-refractivity contribution is 6.18. The first-order valence-electron chi connectivity index (χ1n) is 7.65. The average molecular weight is 318 g/mol. The van der Waals surface area contributed by atoms with Gasteiger partial charge in [0.05, 0.1) is 16.8 Å². The minimum Gasteiger partial charge on any atom is -0.454 e. The molecule has 2 aromatic rings. The molecule has 1 aromatic carbocycles. The highest BCUT2D eigenvalue weighted by atomic mass is 16.5. The lowest BCUT2D eigenvalue weighted by Gasteiger charge is -2.27. The van der Waals surface area contributed by atoms with Crippen LogP contribution < -0.4 is 0 Å². The molecule has 1 aromatic heterocycles. The minimum atomic E-state index is -0.461. The average Bonchev–Trinajstić information content (AvgIpc) is 3.06. The fourth-order valence-corrected chi connectivity index (χ4v) is 2.89. The Morgan fingerprint density at radius 3 is 2.71 bits per heavy atom. The maximum Gasteiger partial charge on any atom is 0.340 e. The number of fused-ring (bicyclic) bond motifs is 1. The van der Waals surface area contributed by atoms with Gasteiger partial charge in [-0.1, -0.05) is 42.5 Å². The smallest absolute Gasteiger partial charge is 0.340 e. The number of hydrogen-bond donors (Lipinski definition) is 0. The van der Waals surface area contributed by atoms with Crippen molar-refractivity contribution in [2.75, 3.05) is 0 Å². The molecule has 0 bridgehead atoms. The first-order valence-corrected chi connectivity index (χ1v) is 7.65. The van der Waals surface area contributed by atoms with E-state index in [0.717, 1.165) is 5.69 Å². The van der Waals surface area contributed by atoms with Crippen molar-refractivity contribution in [3.8, 4) is 5.69 Å². The summed E-state index contributed by atoms with van der Waals surface area (Å²) in [4.78, 5) is 23.8. The Morgan fingerprint density at radius 2 is 1.92 bits per heavy atom. The molecule has 24 heavy (non-hydrogen) atoms. The topological polar surface area (TPSA) is 61.2 Å². The molecule has 2 atom stereocenters. The molecule has 1 aliphatic heterocycles. The number of carbonyl (C=O) groups is 2. The van der Waals surface area contributed by atoms with Crippen LogP contribution in [0.15, 0.2) is 66.9 Å². The molecule has 5 nitrogen and oxygen atoms in total. The van der Waals surface area contributed by atoms with Gasteiger partial charge in [0.2, 0.25) is 0 Å². The van der Waals surface area contributed by atoms with Gasteiger partial charge < -0.3 is 4.74 Å². The molecule has 118 valence electrons. The number of ether oxygens (including phenoxy) is 1. The highest BCUT2D eigenvalue weighted by Gasteiger charge is 2.32. The molecule has 2 heterocycles. The van der Waals surface area contributed by atoms with Crippen molar-refractivity contribution in [2.45, 2.75) is 6.10 Å². The van der Waals surface area contributed by atoms with Gasteiger partial charge in [-0.15, -0.1) is 0 Å². The number of carbonyl (C=O) groups excluding carboxylic acids is 2. The summed E-state index contributed by atoms with van der Waals surface area (Å²) in [7, 11) is 0. The van der Waals surface area contributed by atoms with E-state index in [-0.39, 0.29) is 12.0 Å². The normalized spacial score (nSPS) is 21.8. The highest BCUT2D eigenvalue weighted by Crippen LogP contribution is 2.31. The van der Waals surface area contributed by atoms with Gasteiger partial charge in [0.15, 0.2) is 6.29 Å². The number of benzene rings is 1. The van der Waals surface area contributed by atoms with Gasteiger partial charge in [0.1, 0.15) is 11.8 Å². The lowest BCUT2D eigenvalue weighted by Crippen LogP contribution is -2.30. The van der Waals surface area contributed by atoms with Crippen molar-refractivity contribution in [2.24, 2.45) is 5.92 Å². The molecule has 0 fully saturated rings. The molecular formula is C19H14N2O3. The molecule has 0 unspecified atom stereocenters. The van der Waals surface area contributed by atoms with Crippen LogP contribution in [0, 0.1) is 5.92 Å². The largest absolute Gasteiger partial charge is 0.454 e. The quantitative estimate of drug-likeness (QED) is 0.645. The van der Waals surface area contributed by atoms with Crippen molar-refractivity contribution in [1.29, 1.82) is 0 Å². The number of hydrogen-bond acceptors (Lipinski definition) is 4. The van der Waals surface area contributed by atoms with Crippen LogP contribution in [0.2, 0.25) is 0 Å². The summed E-state index contributed by atoms with van der Waals surface area (Å²) in [6, 6.07) is 9.43. The van der Waals surface area contributed by atoms with Crippen LogP contribution in [0.4, 0.5) is 0 Å². The Kier molecular flexibility index (Phi) is 3.46. The van der Waals surface area contributed by atoms with Gasteiger partial charge in [0, 0.05) is 12.1 Å². The first-order chi connectivity index (χ1) is 11.8. The summed E-state index contributed by atoms with van der Waals surface area (Å²) in [5.41, 5.74) is 1.85. The van der Waals surface area contributed by atoms with Crippen molar-refractivity contribution in [3.05, 3.63) is 78.2 Å². The molecule has 0 amide bonds. The molecule has 0 saturated heterocycles. The number of nitrogens with zero attached hydrogens (tertiary/aromatic N) is 2. The van der Waals surface area contributed by atoms with Gasteiger partial charge in [-0.3, -0.25) is 4.79 Å². The van der Waals surface area contributed by atoms with Crippen LogP contribution in [0.3, 0.4) is 0 Å². The predicted molar refractivity (Wildman–Crippen MR) is 88.6 cm³/mol. The zero-order chi connectivity index (χ0) is 16.5. The summed E-state index contributed by atoms with van der Waals surface area (Å²) in [5, 5.41) is 4.44. The van der Waals surface area contributed by atoms with E-state index >= 15 is 0 Å². The lowest BCUT2D eigenvalue weighted by molar-refractivity contribution is -0.141. The second-order valence-corrected chi connectivity index (χ2v) is 5.63. The van der Waals surface area contributed by atoms with Crippen molar-refractivity contribution < 1.29 is 14.3 Å². The summed E-state index contributed by atoms with van der Waals surface area (Å²) in [6.07, 6.45) is 11.4. The Balaban J connectivity index is 1.79. The van der Waals surface area contributed by atoms with E-state index in [2.05, 4.69) is 5.10 Å². The minimum absolute atomic E-state index is 0.0379. The van der Waals surface area contributed by atoms with Gasteiger partial charge in [-0.2, -0.15) is 5.10 Å². The van der Waals surface area contributed by atoms with E-state index < -0.39 is 5.97 Å². The third-order valence-corrected chi connectivity index (χ3v) is 4.09. The SMILES string of the molecule is O=Cc1cn(-c2ccccc2)nc1C1=C[C@H]2C=CC=C[C@H]2OC1=O. The van der Waals surface area contributed by atoms with Gasteiger partial charge >= 0.3 is 5.97 Å². The molecule has 2 aliphatic rings. The summed E-state index contributed by atoms with van der Waals surface area (Å²) in [5.74, 6) is -0.498. The standard InChI is InChI=1S/C19H14N2O3/c22-12-14-11-21(15-7-2-1-3-8-15)20-18(14)16-10-13-6-4-5-9-17(13)24-19(16)23/h1-13,17H/t13-,17-/m1/s1. The van der Waals surface area contributed by atoms with Crippen LogP contribution in [-0.2, 0) is 9.53 Å². The number of esters is 1. The van der Waals surface area contributed by atoms with E-state index in [1.165, 1.54) is 0 Å². The Morgan fingerprint density at radius 1 is 1.12 bits per heavy atom. The van der Waals surface area contributed by atoms with Crippen molar-refractivity contribution >= 4 is 17.8 Å². The molecule has 0 N–H and O–H groups in total. The fourth-order valence-electron chi connectivity index (χ4n) is 2.89. The molecule has 1 aliphatic carbocycles. The molecule has 0 spiro atoms. The second kappa shape index (κ2) is 5.77. The van der Waals surface area contributed by atoms with Crippen molar-refractivity contribution in [3.63, 3.8) is 0 Å². The Bertz CT molecular complexity index is 891. The van der Waals surface area contributed by atoms with Crippen LogP contribution >= 0.6 is 0 Å². The van der Waals surface area contributed by atoms with E-state index in [9.17, 15) is 9.59 Å². The summed E-state index contributed by atoms with van der Waals surface area (Å²) >= 11 is 0. The predicted octanol–water partition coefficient (Wildman–Crippen LogP) is 2.74. The van der Waals surface area contributed by atoms with E-state index in [1.54, 1.807) is 10.9 Å². The molecule has 5 heteroatoms. The first kappa shape index (κ1) is 14.4. The van der Waals surface area contributed by atoms with E-state index in [4.69, 9.17) is 4.74 Å². The van der Waals surface area contributed by atoms with Gasteiger partial charge in [-0.25, -0.2) is 9.48 Å². The fraction of sp³-hybridized carbons (Fsp3) is 0.105. The number of aldehydes is 1. The zero-order valence-electron chi connectivity index (χ0n) is 12.7. The lowest BCUT2D eigenvalue weighted by atomic mass is 9.91. The van der Waals surface area contributed by atoms with Crippen LogP contribution in [0.25, 0.3) is 11.3 Å². The van der Waals surface area contributed by atoms with Crippen molar-refractivity contribution in [1.82, 2.24) is 9.78 Å². The van der Waals surface area contributed by atoms with E-state index in [0.29, 0.717) is 23.1 Å². The van der Waals surface area contributed by atoms with Crippen LogP contribution in [0.1, 0.15) is 16.1 Å². The number of para-hydroxylation sites is 1. The molecule has 0 saturated carbocycles.